The van der Waals surface area contributed by atoms with E-state index < -0.39 is 18.1 Å². The number of rotatable bonds is 4. The molecule has 0 bridgehead atoms. The molecule has 2 aromatic rings. The van der Waals surface area contributed by atoms with Gasteiger partial charge in [0.2, 0.25) is 5.91 Å². The van der Waals surface area contributed by atoms with Gasteiger partial charge in [-0.1, -0.05) is 0 Å². The van der Waals surface area contributed by atoms with Crippen molar-refractivity contribution in [2.45, 2.75) is 25.1 Å². The number of carbonyl (C=O) groups is 1. The predicted octanol–water partition coefficient (Wildman–Crippen LogP) is 2.93. The lowest BCUT2D eigenvalue weighted by Crippen LogP contribution is -2.54. The number of halogens is 3. The molecule has 3 heterocycles. The summed E-state index contributed by atoms with van der Waals surface area (Å²) in [6, 6.07) is 8.19. The van der Waals surface area contributed by atoms with Gasteiger partial charge in [0, 0.05) is 55.9 Å². The number of likely N-dealkylation sites (tertiary alicyclic amines) is 1. The Morgan fingerprint density at radius 2 is 2.03 bits per heavy atom. The van der Waals surface area contributed by atoms with Crippen LogP contribution in [0, 0.1) is 23.2 Å². The van der Waals surface area contributed by atoms with E-state index in [2.05, 4.69) is 21.3 Å². The van der Waals surface area contributed by atoms with E-state index >= 15 is 0 Å². The van der Waals surface area contributed by atoms with Gasteiger partial charge in [-0.3, -0.25) is 9.78 Å². The molecule has 2 unspecified atom stereocenters. The number of nitrogens with zero attached hydrogens (tertiary/aromatic N) is 4. The van der Waals surface area contributed by atoms with E-state index in [1.807, 2.05) is 7.05 Å². The first-order valence-corrected chi connectivity index (χ1v) is 10.3. The van der Waals surface area contributed by atoms with E-state index in [4.69, 9.17) is 0 Å². The first-order chi connectivity index (χ1) is 14.7. The van der Waals surface area contributed by atoms with Crippen LogP contribution >= 0.6 is 0 Å². The van der Waals surface area contributed by atoms with E-state index in [-0.39, 0.29) is 31.3 Å². The van der Waals surface area contributed by atoms with Crippen LogP contribution in [0.15, 0.2) is 30.5 Å². The van der Waals surface area contributed by atoms with Gasteiger partial charge in [0.05, 0.1) is 17.0 Å². The number of aromatic nitrogens is 1. The topological polar surface area (TPSA) is 72.3 Å². The van der Waals surface area contributed by atoms with Crippen LogP contribution in [0.3, 0.4) is 0 Å². The smallest absolute Gasteiger partial charge is 0.368 e. The molecule has 2 atom stereocenters. The molecule has 0 spiro atoms. The van der Waals surface area contributed by atoms with Crippen molar-refractivity contribution in [1.82, 2.24) is 15.2 Å². The second kappa shape index (κ2) is 8.35. The molecule has 164 valence electrons. The summed E-state index contributed by atoms with van der Waals surface area (Å²) < 4.78 is 41.1. The highest BCUT2D eigenvalue weighted by Crippen LogP contribution is 2.37. The number of benzene rings is 1. The highest BCUT2D eigenvalue weighted by molar-refractivity contribution is 5.95. The maximum Gasteiger partial charge on any atom is 0.393 e. The number of nitrogens with one attached hydrogen (secondary N) is 1. The van der Waals surface area contributed by atoms with Gasteiger partial charge in [-0.15, -0.1) is 0 Å². The van der Waals surface area contributed by atoms with Gasteiger partial charge in [0.15, 0.2) is 0 Å². The van der Waals surface area contributed by atoms with Crippen LogP contribution in [-0.4, -0.2) is 61.2 Å². The maximum atomic E-state index is 13.7. The number of anilines is 1. The van der Waals surface area contributed by atoms with Crippen LogP contribution in [-0.2, 0) is 4.79 Å². The van der Waals surface area contributed by atoms with Crippen molar-refractivity contribution >= 4 is 22.5 Å². The van der Waals surface area contributed by atoms with Crippen LogP contribution in [0.25, 0.3) is 10.9 Å². The van der Waals surface area contributed by atoms with E-state index in [0.717, 1.165) is 13.1 Å². The fourth-order valence-corrected chi connectivity index (χ4v) is 4.67. The lowest BCUT2D eigenvalue weighted by molar-refractivity contribution is -0.178. The summed E-state index contributed by atoms with van der Waals surface area (Å²) in [4.78, 5) is 20.5. The molecule has 0 saturated carbocycles. The molecule has 1 aromatic carbocycles. The molecule has 1 N–H and O–H groups in total. The average Bonchev–Trinajstić information content (AvgIpc) is 2.71. The van der Waals surface area contributed by atoms with Gasteiger partial charge in [-0.2, -0.15) is 18.4 Å². The summed E-state index contributed by atoms with van der Waals surface area (Å²) in [7, 11) is 1.97. The zero-order valence-electron chi connectivity index (χ0n) is 17.2. The minimum absolute atomic E-state index is 0.136. The summed E-state index contributed by atoms with van der Waals surface area (Å²) in [6.07, 6.45) is -2.61. The zero-order chi connectivity index (χ0) is 22.2. The van der Waals surface area contributed by atoms with Gasteiger partial charge in [-0.05, 0) is 43.7 Å². The Bertz CT molecular complexity index is 1010. The Morgan fingerprint density at radius 1 is 1.26 bits per heavy atom. The minimum Gasteiger partial charge on any atom is -0.368 e. The number of pyridine rings is 1. The van der Waals surface area contributed by atoms with Gasteiger partial charge in [-0.25, -0.2) is 0 Å². The lowest BCUT2D eigenvalue weighted by atomic mass is 9.91. The summed E-state index contributed by atoms with van der Waals surface area (Å²) in [5.74, 6) is -1.49. The van der Waals surface area contributed by atoms with E-state index in [1.54, 1.807) is 35.4 Å². The summed E-state index contributed by atoms with van der Waals surface area (Å²) in [6.45, 7) is 1.75. The molecule has 2 fully saturated rings. The number of nitriles is 1. The predicted molar refractivity (Wildman–Crippen MR) is 110 cm³/mol. The monoisotopic (exact) mass is 431 g/mol. The highest BCUT2D eigenvalue weighted by atomic mass is 19.4. The van der Waals surface area contributed by atoms with Gasteiger partial charge in [0.1, 0.15) is 6.07 Å². The molecule has 1 aromatic heterocycles. The van der Waals surface area contributed by atoms with Crippen molar-refractivity contribution in [2.24, 2.45) is 11.8 Å². The molecular formula is C22H24F3N5O. The molecule has 2 saturated heterocycles. The Morgan fingerprint density at radius 3 is 2.71 bits per heavy atom. The summed E-state index contributed by atoms with van der Waals surface area (Å²) in [5.41, 5.74) is 1.43. The minimum atomic E-state index is -4.36. The van der Waals surface area contributed by atoms with Crippen LogP contribution in [0.2, 0.25) is 0 Å². The fourth-order valence-electron chi connectivity index (χ4n) is 4.67. The van der Waals surface area contributed by atoms with Crippen LogP contribution < -0.4 is 10.2 Å². The highest BCUT2D eigenvalue weighted by Gasteiger charge is 2.45. The first kappa shape index (κ1) is 21.4. The quantitative estimate of drug-likeness (QED) is 0.806. The third kappa shape index (κ3) is 4.59. The van der Waals surface area contributed by atoms with E-state index in [1.165, 1.54) is 0 Å². The molecule has 9 heteroatoms. The van der Waals surface area contributed by atoms with Crippen molar-refractivity contribution in [3.8, 4) is 6.07 Å². The molecule has 0 aliphatic carbocycles. The molecule has 2 aliphatic heterocycles. The molecule has 4 rings (SSSR count). The van der Waals surface area contributed by atoms with Crippen molar-refractivity contribution in [3.63, 3.8) is 0 Å². The molecule has 6 nitrogen and oxygen atoms in total. The van der Waals surface area contributed by atoms with Crippen molar-refractivity contribution in [3.05, 3.63) is 36.0 Å². The molecule has 1 amide bonds. The largest absolute Gasteiger partial charge is 0.393 e. The SMILES string of the molecule is CN1CC(CC(=O)NC2CC(C(F)(F)F)CN(c3ccc(C#N)c4ncccc34)C2)C1. The number of amides is 1. The number of hydrogen-bond acceptors (Lipinski definition) is 5. The Balaban J connectivity index is 1.58. The van der Waals surface area contributed by atoms with Crippen LogP contribution in [0.1, 0.15) is 18.4 Å². The number of fused-ring (bicyclic) bond motifs is 1. The normalized spacial score (nSPS) is 22.7. The number of alkyl halides is 3. The summed E-state index contributed by atoms with van der Waals surface area (Å²) >= 11 is 0. The number of hydrogen-bond donors (Lipinski definition) is 1. The molecule has 31 heavy (non-hydrogen) atoms. The van der Waals surface area contributed by atoms with Gasteiger partial charge in [0.25, 0.3) is 0 Å². The van der Waals surface area contributed by atoms with Crippen molar-refractivity contribution < 1.29 is 18.0 Å². The van der Waals surface area contributed by atoms with Crippen molar-refractivity contribution in [2.75, 3.05) is 38.1 Å². The number of piperidine rings is 1. The van der Waals surface area contributed by atoms with E-state index in [9.17, 15) is 23.2 Å². The second-order valence-corrected chi connectivity index (χ2v) is 8.58. The molecular weight excluding hydrogens is 407 g/mol. The van der Waals surface area contributed by atoms with Gasteiger partial charge < -0.3 is 15.1 Å². The average molecular weight is 431 g/mol. The number of carbonyl (C=O) groups excluding carboxylic acids is 1. The Hall–Kier alpha value is -2.86. The lowest BCUT2D eigenvalue weighted by Gasteiger charge is -2.41. The zero-order valence-corrected chi connectivity index (χ0v) is 17.2. The van der Waals surface area contributed by atoms with Crippen molar-refractivity contribution in [1.29, 1.82) is 5.26 Å². The second-order valence-electron chi connectivity index (χ2n) is 8.58. The van der Waals surface area contributed by atoms with Gasteiger partial charge >= 0.3 is 6.18 Å². The summed E-state index contributed by atoms with van der Waals surface area (Å²) in [5, 5.41) is 12.8. The Kier molecular flexibility index (Phi) is 5.75. The Labute approximate surface area is 178 Å². The maximum absolute atomic E-state index is 13.7. The standard InChI is InChI=1S/C22H24F3N5O/c1-29-10-14(11-29)7-20(31)28-17-8-16(22(23,24)25)12-30(13-17)19-5-4-15(9-26)21-18(19)3-2-6-27-21/h2-6,14,16-17H,7-8,10-13H2,1H3,(H,28,31). The third-order valence-corrected chi connectivity index (χ3v) is 6.10. The van der Waals surface area contributed by atoms with Crippen LogP contribution in [0.4, 0.5) is 18.9 Å². The molecule has 0 radical (unpaired) electrons. The molecule has 2 aliphatic rings. The first-order valence-electron chi connectivity index (χ1n) is 10.3. The third-order valence-electron chi connectivity index (χ3n) is 6.10. The van der Waals surface area contributed by atoms with E-state index in [0.29, 0.717) is 28.6 Å². The fraction of sp³-hybridized carbons (Fsp3) is 0.500. The van der Waals surface area contributed by atoms with Crippen LogP contribution in [0.5, 0.6) is 0 Å².